The fourth-order valence-corrected chi connectivity index (χ4v) is 5.66. The number of aliphatic imine (C=N–C) groups is 1. The molecule has 2 aliphatic heterocycles. The fraction of sp³-hybridized carbons (Fsp3) is 0.440. The lowest BCUT2D eigenvalue weighted by Gasteiger charge is -2.22. The lowest BCUT2D eigenvalue weighted by Crippen LogP contribution is -2.35. The number of sulfonamides is 1. The van der Waals surface area contributed by atoms with Crippen LogP contribution in [0.3, 0.4) is 0 Å². The van der Waals surface area contributed by atoms with Crippen LogP contribution >= 0.6 is 0 Å². The number of benzene rings is 2. The van der Waals surface area contributed by atoms with Gasteiger partial charge < -0.3 is 4.90 Å². The minimum atomic E-state index is -3.51. The van der Waals surface area contributed by atoms with Crippen molar-refractivity contribution >= 4 is 21.8 Å². The Balaban J connectivity index is 1.17. The number of nitrogens with one attached hydrogen (secondary N) is 1. The average Bonchev–Trinajstić information content (AvgIpc) is 2.95. The summed E-state index contributed by atoms with van der Waals surface area (Å²) < 4.78 is 40.7. The quantitative estimate of drug-likeness (QED) is 0.581. The van der Waals surface area contributed by atoms with E-state index >= 15 is 0 Å². The van der Waals surface area contributed by atoms with Gasteiger partial charge in [0.15, 0.2) is 0 Å². The lowest BCUT2D eigenvalue weighted by molar-refractivity contribution is -0.131. The van der Waals surface area contributed by atoms with Crippen LogP contribution in [0.2, 0.25) is 0 Å². The van der Waals surface area contributed by atoms with E-state index in [-0.39, 0.29) is 16.6 Å². The van der Waals surface area contributed by atoms with Crippen LogP contribution in [0.25, 0.3) is 0 Å². The smallest absolute Gasteiger partial charge is 0.263 e. The molecule has 7 nitrogen and oxygen atoms in total. The second kappa shape index (κ2) is 11.1. The van der Waals surface area contributed by atoms with Gasteiger partial charge in [-0.15, -0.1) is 0 Å². The van der Waals surface area contributed by atoms with Crippen LogP contribution in [0.15, 0.2) is 58.4 Å². The summed E-state index contributed by atoms with van der Waals surface area (Å²) in [5.41, 5.74) is 1.31. The first-order valence-corrected chi connectivity index (χ1v) is 13.3. The van der Waals surface area contributed by atoms with Gasteiger partial charge in [-0.3, -0.25) is 19.4 Å². The van der Waals surface area contributed by atoms with Gasteiger partial charge in [0.1, 0.15) is 11.7 Å². The number of nitrogens with zero attached hydrogens (tertiary/aromatic N) is 3. The van der Waals surface area contributed by atoms with E-state index in [1.165, 1.54) is 6.07 Å². The van der Waals surface area contributed by atoms with E-state index in [4.69, 9.17) is 0 Å². The van der Waals surface area contributed by atoms with Crippen LogP contribution in [0.1, 0.15) is 43.2 Å². The molecular formula is C25H31FN4O3S. The number of fused-ring (bicyclic) bond motifs is 1. The number of halogens is 1. The van der Waals surface area contributed by atoms with Crippen LogP contribution in [-0.2, 0) is 21.4 Å². The van der Waals surface area contributed by atoms with E-state index < -0.39 is 10.0 Å². The first-order valence-electron chi connectivity index (χ1n) is 11.8. The standard InChI is InChI=1S/C25H31FN4O3S/c26-22-11-5-3-9-20(22)19-29-15-8-16-30(18-17-29)24(31)13-2-1-7-14-27-25-21-10-4-6-12-23(21)34(32,33)28-25/h3-6,9-12H,1-2,7-8,13-19H2,(H,27,28). The number of amides is 1. The van der Waals surface area contributed by atoms with Gasteiger partial charge in [0, 0.05) is 56.8 Å². The number of amidine groups is 1. The highest BCUT2D eigenvalue weighted by Crippen LogP contribution is 2.22. The highest BCUT2D eigenvalue weighted by atomic mass is 32.2. The van der Waals surface area contributed by atoms with Crippen molar-refractivity contribution < 1.29 is 17.6 Å². The van der Waals surface area contributed by atoms with E-state index in [1.807, 2.05) is 17.0 Å². The molecule has 1 amide bonds. The predicted octanol–water partition coefficient (Wildman–Crippen LogP) is 3.16. The molecule has 0 saturated carbocycles. The molecule has 0 spiro atoms. The third-order valence-corrected chi connectivity index (χ3v) is 7.67. The average molecular weight is 487 g/mol. The molecule has 2 aliphatic rings. The molecule has 182 valence electrons. The molecule has 2 heterocycles. The summed E-state index contributed by atoms with van der Waals surface area (Å²) in [5, 5.41) is 0. The number of hydrogen-bond acceptors (Lipinski definition) is 5. The van der Waals surface area contributed by atoms with Crippen molar-refractivity contribution in [2.75, 3.05) is 32.7 Å². The molecule has 0 aliphatic carbocycles. The van der Waals surface area contributed by atoms with Crippen LogP contribution in [0.5, 0.6) is 0 Å². The van der Waals surface area contributed by atoms with Crippen molar-refractivity contribution in [2.45, 2.75) is 43.5 Å². The molecule has 0 bridgehead atoms. The molecule has 34 heavy (non-hydrogen) atoms. The summed E-state index contributed by atoms with van der Waals surface area (Å²) in [7, 11) is -3.51. The van der Waals surface area contributed by atoms with Crippen molar-refractivity contribution in [2.24, 2.45) is 4.99 Å². The Labute approximate surface area is 200 Å². The van der Waals surface area contributed by atoms with Gasteiger partial charge in [0.2, 0.25) is 5.91 Å². The highest BCUT2D eigenvalue weighted by Gasteiger charge is 2.29. The van der Waals surface area contributed by atoms with Gasteiger partial charge in [0.25, 0.3) is 10.0 Å². The molecular weight excluding hydrogens is 455 g/mol. The minimum Gasteiger partial charge on any atom is -0.341 e. The second-order valence-corrected chi connectivity index (χ2v) is 10.4. The summed E-state index contributed by atoms with van der Waals surface area (Å²) in [6, 6.07) is 13.7. The topological polar surface area (TPSA) is 82.1 Å². The van der Waals surface area contributed by atoms with Gasteiger partial charge in [-0.25, -0.2) is 12.8 Å². The van der Waals surface area contributed by atoms with E-state index in [2.05, 4.69) is 14.6 Å². The summed E-state index contributed by atoms with van der Waals surface area (Å²) in [4.78, 5) is 21.5. The summed E-state index contributed by atoms with van der Waals surface area (Å²) in [6.45, 7) is 4.08. The number of unbranched alkanes of at least 4 members (excludes halogenated alkanes) is 2. The third kappa shape index (κ3) is 6.01. The molecule has 2 aromatic rings. The van der Waals surface area contributed by atoms with Gasteiger partial charge in [-0.1, -0.05) is 36.8 Å². The first-order chi connectivity index (χ1) is 16.4. The summed E-state index contributed by atoms with van der Waals surface area (Å²) in [5.74, 6) is 0.382. The van der Waals surface area contributed by atoms with Crippen molar-refractivity contribution in [3.05, 3.63) is 65.5 Å². The van der Waals surface area contributed by atoms with E-state index in [9.17, 15) is 17.6 Å². The Morgan fingerprint density at radius 1 is 0.971 bits per heavy atom. The lowest BCUT2D eigenvalue weighted by atomic mass is 10.1. The largest absolute Gasteiger partial charge is 0.341 e. The Kier molecular flexibility index (Phi) is 7.95. The van der Waals surface area contributed by atoms with Crippen molar-refractivity contribution in [1.29, 1.82) is 0 Å². The molecule has 0 atom stereocenters. The zero-order chi connectivity index (χ0) is 24.0. The van der Waals surface area contributed by atoms with Gasteiger partial charge >= 0.3 is 0 Å². The molecule has 0 aromatic heterocycles. The Morgan fingerprint density at radius 3 is 2.62 bits per heavy atom. The SMILES string of the molecule is O=C(CCCCCN=C1NS(=O)(=O)c2ccccc21)N1CCCN(Cc2ccccc2F)CC1. The van der Waals surface area contributed by atoms with E-state index in [0.717, 1.165) is 45.3 Å². The maximum Gasteiger partial charge on any atom is 0.263 e. The third-order valence-electron chi connectivity index (χ3n) is 6.27. The van der Waals surface area contributed by atoms with Crippen LogP contribution in [0, 0.1) is 5.82 Å². The van der Waals surface area contributed by atoms with Crippen molar-refractivity contribution in [3.8, 4) is 0 Å². The van der Waals surface area contributed by atoms with Gasteiger partial charge in [-0.05, 0) is 37.5 Å². The Hall–Kier alpha value is -2.78. The van der Waals surface area contributed by atoms with Crippen LogP contribution < -0.4 is 4.72 Å². The summed E-state index contributed by atoms with van der Waals surface area (Å²) in [6.07, 6.45) is 3.80. The maximum absolute atomic E-state index is 13.9. The monoisotopic (exact) mass is 486 g/mol. The highest BCUT2D eigenvalue weighted by molar-refractivity contribution is 7.90. The normalized spacial score (nSPS) is 19.0. The molecule has 0 radical (unpaired) electrons. The Bertz CT molecular complexity index is 1150. The fourth-order valence-electron chi connectivity index (χ4n) is 4.41. The van der Waals surface area contributed by atoms with E-state index in [1.54, 1.807) is 30.3 Å². The second-order valence-electron chi connectivity index (χ2n) is 8.74. The maximum atomic E-state index is 13.9. The van der Waals surface area contributed by atoms with E-state index in [0.29, 0.717) is 43.0 Å². The van der Waals surface area contributed by atoms with Crippen molar-refractivity contribution in [3.63, 3.8) is 0 Å². The number of rotatable bonds is 8. The number of hydrogen-bond donors (Lipinski definition) is 1. The molecule has 1 fully saturated rings. The summed E-state index contributed by atoms with van der Waals surface area (Å²) >= 11 is 0. The zero-order valence-corrected chi connectivity index (χ0v) is 20.1. The number of carbonyl (C=O) groups excluding carboxylic acids is 1. The molecule has 1 N–H and O–H groups in total. The molecule has 9 heteroatoms. The van der Waals surface area contributed by atoms with Crippen LogP contribution in [0.4, 0.5) is 4.39 Å². The minimum absolute atomic E-state index is 0.163. The van der Waals surface area contributed by atoms with Gasteiger partial charge in [-0.2, -0.15) is 0 Å². The first kappa shape index (κ1) is 24.3. The predicted molar refractivity (Wildman–Crippen MR) is 130 cm³/mol. The van der Waals surface area contributed by atoms with Gasteiger partial charge in [0.05, 0.1) is 4.90 Å². The van der Waals surface area contributed by atoms with Crippen molar-refractivity contribution in [1.82, 2.24) is 14.5 Å². The number of carbonyl (C=O) groups is 1. The molecule has 2 aromatic carbocycles. The van der Waals surface area contributed by atoms with Crippen LogP contribution in [-0.4, -0.2) is 62.7 Å². The zero-order valence-electron chi connectivity index (χ0n) is 19.2. The Morgan fingerprint density at radius 2 is 1.76 bits per heavy atom. The molecule has 0 unspecified atom stereocenters. The molecule has 1 saturated heterocycles. The molecule has 4 rings (SSSR count).